The molecule has 6 rings (SSSR count). The van der Waals surface area contributed by atoms with Gasteiger partial charge in [-0.2, -0.15) is 0 Å². The number of pyridine rings is 1. The van der Waals surface area contributed by atoms with Crippen LogP contribution in [0.2, 0.25) is 0 Å². The number of H-pyrrole nitrogens is 1. The van der Waals surface area contributed by atoms with Gasteiger partial charge in [-0.05, 0) is 29.8 Å². The fraction of sp³-hybridized carbons (Fsp3) is 0.192. The third-order valence-corrected chi connectivity index (χ3v) is 6.09. The van der Waals surface area contributed by atoms with Crippen LogP contribution in [0.4, 0.5) is 0 Å². The molecule has 7 nitrogen and oxygen atoms in total. The highest BCUT2D eigenvalue weighted by atomic mass is 16.7. The number of aromatic nitrogens is 3. The summed E-state index contributed by atoms with van der Waals surface area (Å²) in [6.45, 7) is 2.42. The summed E-state index contributed by atoms with van der Waals surface area (Å²) < 4.78 is 10.8. The minimum Gasteiger partial charge on any atom is -0.454 e. The number of ether oxygens (including phenoxy) is 2. The molecule has 0 spiro atoms. The molecule has 4 aromatic rings. The molecule has 1 N–H and O–H groups in total. The van der Waals surface area contributed by atoms with Crippen LogP contribution in [0.1, 0.15) is 16.8 Å². The van der Waals surface area contributed by atoms with E-state index < -0.39 is 0 Å². The van der Waals surface area contributed by atoms with E-state index in [-0.39, 0.29) is 12.4 Å². The van der Waals surface area contributed by atoms with Crippen molar-refractivity contribution in [2.45, 2.75) is 19.5 Å². The highest BCUT2D eigenvalue weighted by molar-refractivity contribution is 5.64. The molecule has 2 aromatic heterocycles. The summed E-state index contributed by atoms with van der Waals surface area (Å²) in [6.07, 6.45) is 2.65. The highest BCUT2D eigenvalue weighted by Crippen LogP contribution is 2.35. The van der Waals surface area contributed by atoms with E-state index in [1.807, 2.05) is 60.8 Å². The monoisotopic (exact) mass is 438 g/mol. The Bertz CT molecular complexity index is 1370. The van der Waals surface area contributed by atoms with Crippen LogP contribution >= 0.6 is 0 Å². The SMILES string of the molecule is O=c1[nH]c(-c2ccccc2)nc2c1CN(Cc1ccc(-c3ccc4c(c3)OCO4)nc1)CC2. The Hall–Kier alpha value is -3.97. The Morgan fingerprint density at radius 3 is 2.70 bits per heavy atom. The lowest BCUT2D eigenvalue weighted by Crippen LogP contribution is -2.35. The van der Waals surface area contributed by atoms with Gasteiger partial charge in [-0.15, -0.1) is 0 Å². The second kappa shape index (κ2) is 8.18. The Morgan fingerprint density at radius 1 is 0.970 bits per heavy atom. The van der Waals surface area contributed by atoms with Gasteiger partial charge < -0.3 is 14.5 Å². The molecule has 2 aromatic carbocycles. The van der Waals surface area contributed by atoms with E-state index in [2.05, 4.69) is 20.9 Å². The Labute approximate surface area is 190 Å². The minimum absolute atomic E-state index is 0.0557. The molecule has 0 saturated heterocycles. The average Bonchev–Trinajstić information content (AvgIpc) is 3.33. The van der Waals surface area contributed by atoms with Crippen LogP contribution in [0.15, 0.2) is 71.7 Å². The lowest BCUT2D eigenvalue weighted by atomic mass is 10.1. The summed E-state index contributed by atoms with van der Waals surface area (Å²) in [7, 11) is 0. The van der Waals surface area contributed by atoms with E-state index in [0.717, 1.165) is 64.7 Å². The first-order chi connectivity index (χ1) is 16.2. The molecule has 0 atom stereocenters. The van der Waals surface area contributed by atoms with E-state index in [9.17, 15) is 4.79 Å². The highest BCUT2D eigenvalue weighted by Gasteiger charge is 2.22. The van der Waals surface area contributed by atoms with E-state index in [1.54, 1.807) is 0 Å². The van der Waals surface area contributed by atoms with Crippen molar-refractivity contribution in [2.24, 2.45) is 0 Å². The predicted octanol–water partition coefficient (Wildman–Crippen LogP) is 3.79. The van der Waals surface area contributed by atoms with Crippen LogP contribution in [-0.2, 0) is 19.5 Å². The van der Waals surface area contributed by atoms with E-state index in [4.69, 9.17) is 14.5 Å². The van der Waals surface area contributed by atoms with Crippen LogP contribution in [-0.4, -0.2) is 33.2 Å². The number of hydrogen-bond acceptors (Lipinski definition) is 6. The quantitative estimate of drug-likeness (QED) is 0.522. The number of nitrogens with one attached hydrogen (secondary N) is 1. The summed E-state index contributed by atoms with van der Waals surface area (Å²) in [4.78, 5) is 27.4. The van der Waals surface area contributed by atoms with Crippen molar-refractivity contribution in [2.75, 3.05) is 13.3 Å². The molecule has 0 radical (unpaired) electrons. The average molecular weight is 438 g/mol. The molecule has 0 fully saturated rings. The molecule has 4 heterocycles. The summed E-state index contributed by atoms with van der Waals surface area (Å²) in [6, 6.07) is 19.7. The molecule has 0 unspecified atom stereocenters. The zero-order valence-corrected chi connectivity index (χ0v) is 18.0. The van der Waals surface area contributed by atoms with E-state index >= 15 is 0 Å². The Morgan fingerprint density at radius 2 is 1.85 bits per heavy atom. The number of aromatic amines is 1. The third-order valence-electron chi connectivity index (χ3n) is 6.09. The van der Waals surface area contributed by atoms with Crippen molar-refractivity contribution in [3.8, 4) is 34.1 Å². The molecule has 0 amide bonds. The number of hydrogen-bond donors (Lipinski definition) is 1. The zero-order chi connectivity index (χ0) is 22.2. The number of benzene rings is 2. The van der Waals surface area contributed by atoms with Crippen molar-refractivity contribution in [1.29, 1.82) is 0 Å². The second-order valence-electron chi connectivity index (χ2n) is 8.29. The first-order valence-electron chi connectivity index (χ1n) is 11.0. The van der Waals surface area contributed by atoms with Gasteiger partial charge in [0.2, 0.25) is 6.79 Å². The zero-order valence-electron chi connectivity index (χ0n) is 18.0. The maximum atomic E-state index is 12.8. The van der Waals surface area contributed by atoms with Gasteiger partial charge >= 0.3 is 0 Å². The van der Waals surface area contributed by atoms with Crippen LogP contribution in [0.3, 0.4) is 0 Å². The first-order valence-corrected chi connectivity index (χ1v) is 11.0. The first kappa shape index (κ1) is 19.7. The van der Waals surface area contributed by atoms with Crippen LogP contribution < -0.4 is 15.0 Å². The molecule has 0 aliphatic carbocycles. The van der Waals surface area contributed by atoms with Crippen molar-refractivity contribution in [1.82, 2.24) is 19.9 Å². The minimum atomic E-state index is -0.0557. The van der Waals surface area contributed by atoms with Crippen LogP contribution in [0.5, 0.6) is 11.5 Å². The normalized spacial score (nSPS) is 14.8. The molecule has 2 aliphatic rings. The maximum Gasteiger partial charge on any atom is 0.255 e. The summed E-state index contributed by atoms with van der Waals surface area (Å²) in [5.74, 6) is 2.15. The fourth-order valence-corrected chi connectivity index (χ4v) is 4.35. The van der Waals surface area contributed by atoms with E-state index in [1.165, 1.54) is 0 Å². The summed E-state index contributed by atoms with van der Waals surface area (Å²) in [5.41, 5.74) is 5.50. The lowest BCUT2D eigenvalue weighted by molar-refractivity contribution is 0.174. The molecule has 0 saturated carbocycles. The maximum absolute atomic E-state index is 12.8. The second-order valence-corrected chi connectivity index (χ2v) is 8.29. The van der Waals surface area contributed by atoms with Gasteiger partial charge in [0.1, 0.15) is 5.82 Å². The van der Waals surface area contributed by atoms with Crippen molar-refractivity contribution >= 4 is 0 Å². The van der Waals surface area contributed by atoms with Gasteiger partial charge in [-0.1, -0.05) is 36.4 Å². The molecule has 7 heteroatoms. The van der Waals surface area contributed by atoms with Crippen molar-refractivity contribution in [3.05, 3.63) is 94.0 Å². The number of nitrogens with zero attached hydrogens (tertiary/aromatic N) is 3. The Balaban J connectivity index is 1.17. The molecular weight excluding hydrogens is 416 g/mol. The van der Waals surface area contributed by atoms with Gasteiger partial charge in [-0.25, -0.2) is 4.98 Å². The molecular formula is C26H22N4O3. The molecule has 0 bridgehead atoms. The van der Waals surface area contributed by atoms with Gasteiger partial charge in [0.15, 0.2) is 11.5 Å². The van der Waals surface area contributed by atoms with Gasteiger partial charge in [0.05, 0.1) is 17.0 Å². The molecule has 2 aliphatic heterocycles. The Kier molecular flexibility index (Phi) is 4.88. The summed E-state index contributed by atoms with van der Waals surface area (Å²) in [5, 5.41) is 0. The number of rotatable bonds is 4. The van der Waals surface area contributed by atoms with Crippen LogP contribution in [0, 0.1) is 0 Å². The van der Waals surface area contributed by atoms with Gasteiger partial charge in [0, 0.05) is 43.4 Å². The lowest BCUT2D eigenvalue weighted by Gasteiger charge is -2.27. The third kappa shape index (κ3) is 3.87. The smallest absolute Gasteiger partial charge is 0.255 e. The standard InChI is InChI=1S/C26H22N4O3/c31-26-20-15-30(11-10-22(20)28-25(29-26)18-4-2-1-3-5-18)14-17-6-8-21(27-13-17)19-7-9-23-24(12-19)33-16-32-23/h1-9,12-13H,10-11,14-16H2,(H,28,29,31). The number of fused-ring (bicyclic) bond motifs is 2. The molecule has 33 heavy (non-hydrogen) atoms. The predicted molar refractivity (Wildman–Crippen MR) is 124 cm³/mol. The van der Waals surface area contributed by atoms with Gasteiger partial charge in [-0.3, -0.25) is 14.7 Å². The molecule has 164 valence electrons. The van der Waals surface area contributed by atoms with Crippen molar-refractivity contribution in [3.63, 3.8) is 0 Å². The van der Waals surface area contributed by atoms with E-state index in [0.29, 0.717) is 12.4 Å². The largest absolute Gasteiger partial charge is 0.454 e. The van der Waals surface area contributed by atoms with Crippen molar-refractivity contribution < 1.29 is 9.47 Å². The van der Waals surface area contributed by atoms with Crippen LogP contribution in [0.25, 0.3) is 22.6 Å². The topological polar surface area (TPSA) is 80.3 Å². The van der Waals surface area contributed by atoms with Gasteiger partial charge in [0.25, 0.3) is 5.56 Å². The summed E-state index contributed by atoms with van der Waals surface area (Å²) >= 11 is 0. The fourth-order valence-electron chi connectivity index (χ4n) is 4.35.